The Balaban J connectivity index is 0.00000256. The maximum absolute atomic E-state index is 11.3. The first kappa shape index (κ1) is 16.6. The van der Waals surface area contributed by atoms with Crippen molar-refractivity contribution in [2.75, 3.05) is 20.1 Å². The number of carbonyl (C=O) groups is 1. The van der Waals surface area contributed by atoms with Crippen molar-refractivity contribution in [3.63, 3.8) is 0 Å². The van der Waals surface area contributed by atoms with Crippen LogP contribution in [-0.2, 0) is 6.54 Å². The van der Waals surface area contributed by atoms with Crippen molar-refractivity contribution in [3.8, 4) is 0 Å². The Morgan fingerprint density at radius 1 is 1.35 bits per heavy atom. The number of carbonyl (C=O) groups excluding carboxylic acids is 1. The lowest BCUT2D eigenvalue weighted by Crippen LogP contribution is -3.00. The summed E-state index contributed by atoms with van der Waals surface area (Å²) in [6, 6.07) is 1.89. The molecule has 0 aliphatic carbocycles. The van der Waals surface area contributed by atoms with E-state index in [1.807, 2.05) is 13.0 Å². The second-order valence-corrected chi connectivity index (χ2v) is 4.65. The van der Waals surface area contributed by atoms with Gasteiger partial charge in [0.1, 0.15) is 12.3 Å². The van der Waals surface area contributed by atoms with E-state index in [9.17, 15) is 4.79 Å². The number of furan rings is 1. The van der Waals surface area contributed by atoms with Crippen LogP contribution in [0.5, 0.6) is 0 Å². The quantitative estimate of drug-likeness (QED) is 0.417. The molecule has 0 bridgehead atoms. The van der Waals surface area contributed by atoms with E-state index in [4.69, 9.17) is 4.42 Å². The first-order valence-corrected chi connectivity index (χ1v) is 5.85. The molecule has 0 amide bonds. The van der Waals surface area contributed by atoms with E-state index in [1.54, 1.807) is 6.92 Å². The first-order chi connectivity index (χ1) is 7.41. The van der Waals surface area contributed by atoms with Crippen LogP contribution in [-0.4, -0.2) is 30.4 Å². The maximum atomic E-state index is 11.3. The van der Waals surface area contributed by atoms with Crippen molar-refractivity contribution in [1.29, 1.82) is 0 Å². The molecule has 0 N–H and O–H groups in total. The molecule has 3 nitrogen and oxygen atoms in total. The lowest BCUT2D eigenvalue weighted by atomic mass is 10.2. The van der Waals surface area contributed by atoms with Gasteiger partial charge in [0, 0.05) is 0 Å². The van der Waals surface area contributed by atoms with Gasteiger partial charge in [-0.25, -0.2) is 0 Å². The molecule has 0 saturated heterocycles. The summed E-state index contributed by atoms with van der Waals surface area (Å²) in [5.74, 6) is 1.73. The standard InChI is InChI=1S/C13H22NO2.HI/c1-6-14(5,7-2)9-12-8-13(10(3)15)11(4)16-12;/h8H,6-7,9H2,1-5H3;1H/q+1;/p-1. The second-order valence-electron chi connectivity index (χ2n) is 4.65. The summed E-state index contributed by atoms with van der Waals surface area (Å²) in [6.45, 7) is 10.7. The number of hydrogen-bond acceptors (Lipinski definition) is 2. The summed E-state index contributed by atoms with van der Waals surface area (Å²) in [6.07, 6.45) is 0. The number of hydrogen-bond donors (Lipinski definition) is 0. The minimum absolute atomic E-state index is 0. The number of halogens is 1. The number of nitrogens with zero attached hydrogens (tertiary/aromatic N) is 1. The number of quaternary nitrogens is 1. The summed E-state index contributed by atoms with van der Waals surface area (Å²) in [5, 5.41) is 0. The largest absolute Gasteiger partial charge is 1.00 e. The van der Waals surface area contributed by atoms with Crippen LogP contribution >= 0.6 is 0 Å². The Morgan fingerprint density at radius 2 is 1.88 bits per heavy atom. The number of Topliss-reactive ketones (excluding diaryl/α,β-unsaturated/α-hetero) is 1. The summed E-state index contributed by atoms with van der Waals surface area (Å²) < 4.78 is 6.57. The van der Waals surface area contributed by atoms with Crippen molar-refractivity contribution >= 4 is 5.78 Å². The van der Waals surface area contributed by atoms with Gasteiger partial charge in [-0.2, -0.15) is 0 Å². The van der Waals surface area contributed by atoms with Crippen LogP contribution in [0.3, 0.4) is 0 Å². The fourth-order valence-corrected chi connectivity index (χ4v) is 1.79. The van der Waals surface area contributed by atoms with Crippen molar-refractivity contribution in [2.45, 2.75) is 34.2 Å². The van der Waals surface area contributed by atoms with Crippen molar-refractivity contribution in [1.82, 2.24) is 0 Å². The molecule has 1 aromatic heterocycles. The molecule has 0 saturated carbocycles. The van der Waals surface area contributed by atoms with Crippen LogP contribution in [0.2, 0.25) is 0 Å². The summed E-state index contributed by atoms with van der Waals surface area (Å²) in [5.41, 5.74) is 0.716. The Labute approximate surface area is 121 Å². The topological polar surface area (TPSA) is 30.2 Å². The highest BCUT2D eigenvalue weighted by Gasteiger charge is 2.21. The van der Waals surface area contributed by atoms with Crippen LogP contribution in [0.4, 0.5) is 0 Å². The zero-order valence-electron chi connectivity index (χ0n) is 11.3. The van der Waals surface area contributed by atoms with Gasteiger partial charge in [-0.1, -0.05) is 0 Å². The predicted octanol–water partition coefficient (Wildman–Crippen LogP) is -0.219. The van der Waals surface area contributed by atoms with Gasteiger partial charge < -0.3 is 32.9 Å². The van der Waals surface area contributed by atoms with Crippen LogP contribution in [0.15, 0.2) is 10.5 Å². The number of ketones is 1. The third kappa shape index (κ3) is 4.10. The Hall–Kier alpha value is -0.360. The smallest absolute Gasteiger partial charge is 0.163 e. The molecule has 0 unspecified atom stereocenters. The van der Waals surface area contributed by atoms with Gasteiger partial charge in [0.05, 0.1) is 25.7 Å². The van der Waals surface area contributed by atoms with Gasteiger partial charge in [-0.3, -0.25) is 4.79 Å². The average molecular weight is 351 g/mol. The highest BCUT2D eigenvalue weighted by molar-refractivity contribution is 5.95. The Morgan fingerprint density at radius 3 is 2.24 bits per heavy atom. The van der Waals surface area contributed by atoms with E-state index < -0.39 is 0 Å². The Bertz CT molecular complexity index is 381. The maximum Gasteiger partial charge on any atom is 0.163 e. The fraction of sp³-hybridized carbons (Fsp3) is 0.615. The van der Waals surface area contributed by atoms with Gasteiger partial charge in [0.25, 0.3) is 0 Å². The second kappa shape index (κ2) is 6.54. The molecule has 0 aromatic carbocycles. The van der Waals surface area contributed by atoms with Crippen LogP contribution in [0, 0.1) is 6.92 Å². The molecule has 1 heterocycles. The van der Waals surface area contributed by atoms with Crippen molar-refractivity contribution < 1.29 is 37.7 Å². The van der Waals surface area contributed by atoms with Gasteiger partial charge in [-0.05, 0) is 33.8 Å². The van der Waals surface area contributed by atoms with E-state index in [-0.39, 0.29) is 29.8 Å². The van der Waals surface area contributed by atoms with E-state index in [0.29, 0.717) is 5.56 Å². The molecule has 0 atom stereocenters. The van der Waals surface area contributed by atoms with E-state index in [2.05, 4.69) is 20.9 Å². The van der Waals surface area contributed by atoms with Crippen molar-refractivity contribution in [2.24, 2.45) is 0 Å². The molecule has 0 aliphatic heterocycles. The summed E-state index contributed by atoms with van der Waals surface area (Å²) in [7, 11) is 2.20. The number of rotatable bonds is 5. The molecular weight excluding hydrogens is 329 g/mol. The molecule has 1 rings (SSSR count). The molecule has 98 valence electrons. The SMILES string of the molecule is CC[N+](C)(CC)Cc1cc(C(C)=O)c(C)o1.[I-]. The Kier molecular flexibility index (Phi) is 6.40. The van der Waals surface area contributed by atoms with Crippen LogP contribution in [0.1, 0.15) is 42.6 Å². The molecular formula is C13H22INO2. The van der Waals surface area contributed by atoms with Gasteiger partial charge >= 0.3 is 0 Å². The zero-order valence-corrected chi connectivity index (χ0v) is 13.5. The third-order valence-electron chi connectivity index (χ3n) is 3.41. The summed E-state index contributed by atoms with van der Waals surface area (Å²) >= 11 is 0. The molecule has 17 heavy (non-hydrogen) atoms. The fourth-order valence-electron chi connectivity index (χ4n) is 1.79. The van der Waals surface area contributed by atoms with Crippen LogP contribution in [0.25, 0.3) is 0 Å². The predicted molar refractivity (Wildman–Crippen MR) is 64.4 cm³/mol. The zero-order chi connectivity index (χ0) is 12.3. The van der Waals surface area contributed by atoms with Gasteiger partial charge in [0.2, 0.25) is 0 Å². The van der Waals surface area contributed by atoms with E-state index >= 15 is 0 Å². The van der Waals surface area contributed by atoms with Gasteiger partial charge in [-0.15, -0.1) is 0 Å². The number of aryl methyl sites for hydroxylation is 1. The molecule has 0 radical (unpaired) electrons. The molecule has 1 aromatic rings. The minimum atomic E-state index is 0. The first-order valence-electron chi connectivity index (χ1n) is 5.85. The summed E-state index contributed by atoms with van der Waals surface area (Å²) in [4.78, 5) is 11.3. The van der Waals surface area contributed by atoms with E-state index in [1.165, 1.54) is 0 Å². The lowest BCUT2D eigenvalue weighted by molar-refractivity contribution is -0.920. The monoisotopic (exact) mass is 351 g/mol. The van der Waals surface area contributed by atoms with Crippen LogP contribution < -0.4 is 24.0 Å². The van der Waals surface area contributed by atoms with E-state index in [0.717, 1.165) is 35.6 Å². The minimum Gasteiger partial charge on any atom is -1.00 e. The average Bonchev–Trinajstić information content (AvgIpc) is 2.59. The molecule has 0 aliphatic rings. The molecule has 0 fully saturated rings. The third-order valence-corrected chi connectivity index (χ3v) is 3.41. The highest BCUT2D eigenvalue weighted by Crippen LogP contribution is 2.19. The molecule has 4 heteroatoms. The van der Waals surface area contributed by atoms with Gasteiger partial charge in [0.15, 0.2) is 11.5 Å². The highest BCUT2D eigenvalue weighted by atomic mass is 127. The molecule has 0 spiro atoms. The normalized spacial score (nSPS) is 11.1. The van der Waals surface area contributed by atoms with Crippen molar-refractivity contribution in [3.05, 3.63) is 23.2 Å². The lowest BCUT2D eigenvalue weighted by Gasteiger charge is -2.30.